The highest BCUT2D eigenvalue weighted by Crippen LogP contribution is 2.44. The van der Waals surface area contributed by atoms with E-state index in [4.69, 9.17) is 12.6 Å². The molecular formula is C37H39N2O+. The van der Waals surface area contributed by atoms with Gasteiger partial charge in [-0.3, -0.25) is 0 Å². The molecule has 1 aliphatic rings. The first-order chi connectivity index (χ1) is 21.9. The van der Waals surface area contributed by atoms with Crippen LogP contribution in [0.15, 0.2) is 71.3 Å². The Kier molecular flexibility index (Phi) is 4.77. The molecule has 0 radical (unpaired) electrons. The van der Waals surface area contributed by atoms with E-state index in [1.54, 1.807) is 17.7 Å². The number of para-hydroxylation sites is 1. The molecule has 1 saturated carbocycles. The van der Waals surface area contributed by atoms with Gasteiger partial charge in [0.05, 0.1) is 17.2 Å². The van der Waals surface area contributed by atoms with E-state index >= 15 is 0 Å². The highest BCUT2D eigenvalue weighted by Gasteiger charge is 2.30. The number of benzene rings is 3. The summed E-state index contributed by atoms with van der Waals surface area (Å²) in [4.78, 5) is 0. The van der Waals surface area contributed by atoms with Crippen molar-refractivity contribution in [2.45, 2.75) is 66.1 Å². The minimum absolute atomic E-state index is 0.221. The van der Waals surface area contributed by atoms with Crippen LogP contribution in [0.4, 0.5) is 0 Å². The number of rotatable bonds is 3. The van der Waals surface area contributed by atoms with Gasteiger partial charge in [-0.2, -0.15) is 5.26 Å². The van der Waals surface area contributed by atoms with E-state index in [2.05, 4.69) is 26.8 Å². The van der Waals surface area contributed by atoms with Gasteiger partial charge in [-0.15, -0.1) is 0 Å². The highest BCUT2D eigenvalue weighted by molar-refractivity contribution is 6.13. The molecule has 40 heavy (non-hydrogen) atoms. The number of aryl methyl sites for hydroxylation is 3. The number of fused-ring (bicyclic) bond motifs is 3. The first-order valence-electron chi connectivity index (χ1n) is 17.5. The largest absolute Gasteiger partial charge is 0.454 e. The van der Waals surface area contributed by atoms with Crippen LogP contribution in [0.1, 0.15) is 84.2 Å². The minimum Gasteiger partial charge on any atom is -0.454 e. The summed E-state index contributed by atoms with van der Waals surface area (Å²) in [6.45, 7) is 1.60. The number of hydrogen-bond donors (Lipinski definition) is 0. The Morgan fingerprint density at radius 3 is 2.33 bits per heavy atom. The third-order valence-corrected chi connectivity index (χ3v) is 8.73. The summed E-state index contributed by atoms with van der Waals surface area (Å²) in [7, 11) is 1.69. The van der Waals surface area contributed by atoms with Crippen LogP contribution in [0.2, 0.25) is 0 Å². The molecule has 0 bridgehead atoms. The van der Waals surface area contributed by atoms with Crippen LogP contribution >= 0.6 is 0 Å². The van der Waals surface area contributed by atoms with Crippen molar-refractivity contribution >= 4 is 21.9 Å². The third kappa shape index (κ3) is 4.50. The van der Waals surface area contributed by atoms with Crippen molar-refractivity contribution in [2.75, 3.05) is 0 Å². The Hall–Kier alpha value is -3.90. The van der Waals surface area contributed by atoms with E-state index in [-0.39, 0.29) is 16.5 Å². The average Bonchev–Trinajstić information content (AvgIpc) is 3.38. The van der Waals surface area contributed by atoms with Crippen molar-refractivity contribution in [3.05, 3.63) is 89.1 Å². The summed E-state index contributed by atoms with van der Waals surface area (Å²) in [6.07, 6.45) is 5.04. The average molecular weight is 535 g/mol. The van der Waals surface area contributed by atoms with Crippen molar-refractivity contribution in [3.63, 3.8) is 0 Å². The van der Waals surface area contributed by atoms with Crippen molar-refractivity contribution in [1.82, 2.24) is 0 Å². The molecule has 1 aliphatic carbocycles. The van der Waals surface area contributed by atoms with E-state index in [1.807, 2.05) is 48.5 Å². The molecule has 0 aliphatic heterocycles. The zero-order valence-electron chi connectivity index (χ0n) is 30.6. The second-order valence-electron chi connectivity index (χ2n) is 12.2. The zero-order chi connectivity index (χ0) is 34.1. The van der Waals surface area contributed by atoms with Crippen LogP contribution in [-0.4, -0.2) is 0 Å². The molecule has 0 N–H and O–H groups in total. The molecule has 3 aromatic carbocycles. The molecule has 3 heteroatoms. The van der Waals surface area contributed by atoms with Crippen molar-refractivity contribution in [2.24, 2.45) is 18.4 Å². The Balaban J connectivity index is 1.47. The molecule has 0 amide bonds. The smallest absolute Gasteiger partial charge is 0.216 e. The number of aromatic nitrogens is 1. The van der Waals surface area contributed by atoms with Crippen LogP contribution in [0, 0.1) is 36.4 Å². The minimum atomic E-state index is -2.64. The fraction of sp³-hybridized carbons (Fsp3) is 0.351. The van der Waals surface area contributed by atoms with E-state index in [0.717, 1.165) is 47.6 Å². The van der Waals surface area contributed by atoms with Crippen LogP contribution < -0.4 is 4.57 Å². The Morgan fingerprint density at radius 1 is 0.925 bits per heavy atom. The lowest BCUT2D eigenvalue weighted by Crippen LogP contribution is -2.31. The maximum absolute atomic E-state index is 10.1. The van der Waals surface area contributed by atoms with Gasteiger partial charge < -0.3 is 4.42 Å². The van der Waals surface area contributed by atoms with Gasteiger partial charge in [-0.25, -0.2) is 4.57 Å². The van der Waals surface area contributed by atoms with E-state index in [9.17, 15) is 6.63 Å². The number of nitrogens with zero attached hydrogens (tertiary/aromatic N) is 2. The topological polar surface area (TPSA) is 40.8 Å². The lowest BCUT2D eigenvalue weighted by Gasteiger charge is -2.37. The standard InChI is InChI=1S/C37H39N2O/c1-23-20-33(39(6)22-24(23)2)32-9-7-8-30-31-19-16-28(21-38)34(36(31)40-35(30)32)27-12-10-25(11-13-27)26-14-17-29(18-15-26)37(3,4)5/h7-13,16,19-20,22,26,29H,14-15,17-18H2,1-6H3/q+1/i1D3,2D3,26D. The number of nitriles is 1. The fourth-order valence-electron chi connectivity index (χ4n) is 6.35. The molecule has 5 aromatic rings. The summed E-state index contributed by atoms with van der Waals surface area (Å²) >= 11 is 0. The molecule has 3 nitrogen and oxygen atoms in total. The van der Waals surface area contributed by atoms with Gasteiger partial charge >= 0.3 is 0 Å². The summed E-state index contributed by atoms with van der Waals surface area (Å²) in [6, 6.07) is 20.9. The van der Waals surface area contributed by atoms with Crippen LogP contribution in [0.25, 0.3) is 44.3 Å². The van der Waals surface area contributed by atoms with Gasteiger partial charge in [-0.05, 0) is 91.5 Å². The van der Waals surface area contributed by atoms with Crippen molar-refractivity contribution in [1.29, 1.82) is 5.26 Å². The number of furan rings is 1. The van der Waals surface area contributed by atoms with E-state index < -0.39 is 19.6 Å². The second-order valence-corrected chi connectivity index (χ2v) is 12.2. The Labute approximate surface area is 247 Å². The van der Waals surface area contributed by atoms with E-state index in [0.29, 0.717) is 39.5 Å². The maximum Gasteiger partial charge on any atom is 0.216 e. The Bertz CT molecular complexity index is 2030. The maximum atomic E-state index is 10.1. The van der Waals surface area contributed by atoms with Crippen LogP contribution in [0.3, 0.4) is 0 Å². The molecule has 0 spiro atoms. The lowest BCUT2D eigenvalue weighted by atomic mass is 9.68. The van der Waals surface area contributed by atoms with Crippen LogP contribution in [0.5, 0.6) is 0 Å². The second kappa shape index (κ2) is 9.93. The molecule has 202 valence electrons. The van der Waals surface area contributed by atoms with E-state index in [1.165, 1.54) is 12.3 Å². The quantitative estimate of drug-likeness (QED) is 0.216. The normalized spacial score (nSPS) is 22.9. The predicted octanol–water partition coefficient (Wildman–Crippen LogP) is 9.55. The zero-order valence-corrected chi connectivity index (χ0v) is 23.6. The first kappa shape index (κ1) is 19.2. The number of pyridine rings is 1. The van der Waals surface area contributed by atoms with Crippen molar-refractivity contribution in [3.8, 4) is 28.5 Å². The highest BCUT2D eigenvalue weighted by atomic mass is 16.3. The van der Waals surface area contributed by atoms with Gasteiger partial charge in [0.15, 0.2) is 6.20 Å². The summed E-state index contributed by atoms with van der Waals surface area (Å²) < 4.78 is 65.6. The fourth-order valence-corrected chi connectivity index (χ4v) is 6.35. The van der Waals surface area contributed by atoms with Gasteiger partial charge in [0, 0.05) is 37.6 Å². The molecule has 0 saturated heterocycles. The predicted molar refractivity (Wildman–Crippen MR) is 164 cm³/mol. The van der Waals surface area contributed by atoms with Gasteiger partial charge in [0.2, 0.25) is 5.69 Å². The van der Waals surface area contributed by atoms with Crippen molar-refractivity contribution < 1.29 is 18.6 Å². The summed E-state index contributed by atoms with van der Waals surface area (Å²) in [5.74, 6) is -0.0349. The molecule has 2 heterocycles. The monoisotopic (exact) mass is 534 g/mol. The lowest BCUT2D eigenvalue weighted by molar-refractivity contribution is -0.660. The molecular weight excluding hydrogens is 488 g/mol. The Morgan fingerprint density at radius 2 is 1.65 bits per heavy atom. The molecule has 6 rings (SSSR count). The number of hydrogen-bond acceptors (Lipinski definition) is 2. The molecule has 0 unspecified atom stereocenters. The van der Waals surface area contributed by atoms with Gasteiger partial charge in [0.1, 0.15) is 18.2 Å². The molecule has 2 aromatic heterocycles. The molecule has 1 fully saturated rings. The summed E-state index contributed by atoms with van der Waals surface area (Å²) in [5.41, 5.74) is 4.80. The van der Waals surface area contributed by atoms with Gasteiger partial charge in [0.25, 0.3) is 0 Å². The SMILES string of the molecule is [2H]C([2H])([2H])c1cc(-c2cccc3c2oc2c(-c4ccc(C5([2H])CCC(C(C)(C)C)CC5)cc4)c(C#N)ccc23)[n+](C)cc1C([2H])([2H])[2H]. The summed E-state index contributed by atoms with van der Waals surface area (Å²) in [5, 5.41) is 11.7. The first-order valence-corrected chi connectivity index (χ1v) is 14.0. The molecule has 0 atom stereocenters. The van der Waals surface area contributed by atoms with Gasteiger partial charge in [-0.1, -0.05) is 57.2 Å². The van der Waals surface area contributed by atoms with Crippen LogP contribution in [-0.2, 0) is 7.05 Å². The third-order valence-electron chi connectivity index (χ3n) is 8.73.